The summed E-state index contributed by atoms with van der Waals surface area (Å²) in [5, 5.41) is 6.67. The minimum atomic E-state index is 0.562. The van der Waals surface area contributed by atoms with Gasteiger partial charge in [0.25, 0.3) is 0 Å². The highest BCUT2D eigenvalue weighted by Gasteiger charge is 2.19. The summed E-state index contributed by atoms with van der Waals surface area (Å²) in [5.41, 5.74) is 11.6. The fraction of sp³-hybridized carbons (Fsp3) is 0. The van der Waals surface area contributed by atoms with Gasteiger partial charge in [-0.2, -0.15) is 0 Å². The molecule has 0 saturated carbocycles. The number of rotatable bonds is 5. The molecule has 0 radical (unpaired) electrons. The van der Waals surface area contributed by atoms with E-state index >= 15 is 0 Å². The normalized spacial score (nSPS) is 11.9. The first-order chi connectivity index (χ1) is 28.2. The third kappa shape index (κ3) is 5.01. The van der Waals surface area contributed by atoms with Crippen LogP contribution in [-0.4, -0.2) is 19.5 Å². The van der Waals surface area contributed by atoms with E-state index < -0.39 is 0 Å². The van der Waals surface area contributed by atoms with Crippen LogP contribution in [0.5, 0.6) is 0 Å². The van der Waals surface area contributed by atoms with Crippen LogP contribution in [-0.2, 0) is 0 Å². The van der Waals surface area contributed by atoms with Crippen LogP contribution in [0.1, 0.15) is 0 Å². The fourth-order valence-corrected chi connectivity index (χ4v) is 8.40. The van der Waals surface area contributed by atoms with Gasteiger partial charge in [0.15, 0.2) is 17.5 Å². The lowest BCUT2D eigenvalue weighted by atomic mass is 9.99. The summed E-state index contributed by atoms with van der Waals surface area (Å²) >= 11 is 0. The van der Waals surface area contributed by atoms with Gasteiger partial charge in [-0.15, -0.1) is 0 Å². The van der Waals surface area contributed by atoms with E-state index in [2.05, 4.69) is 126 Å². The Morgan fingerprint density at radius 3 is 1.61 bits per heavy atom. The summed E-state index contributed by atoms with van der Waals surface area (Å²) < 4.78 is 15.2. The molecule has 0 amide bonds. The first-order valence-electron chi connectivity index (χ1n) is 19.0. The van der Waals surface area contributed by atoms with E-state index in [9.17, 15) is 0 Å². The van der Waals surface area contributed by atoms with E-state index in [1.54, 1.807) is 0 Å². The largest absolute Gasteiger partial charge is 0.456 e. The average molecular weight is 731 g/mol. The molecule has 0 fully saturated rings. The third-order valence-electron chi connectivity index (χ3n) is 11.1. The number of nitrogens with zero attached hydrogens (tertiary/aromatic N) is 4. The van der Waals surface area contributed by atoms with Crippen molar-refractivity contribution < 1.29 is 8.83 Å². The van der Waals surface area contributed by atoms with Crippen LogP contribution in [0.4, 0.5) is 0 Å². The van der Waals surface area contributed by atoms with Crippen LogP contribution >= 0.6 is 0 Å². The highest BCUT2D eigenvalue weighted by atomic mass is 16.3. The molecule has 266 valence electrons. The Balaban J connectivity index is 0.996. The minimum Gasteiger partial charge on any atom is -0.456 e. The van der Waals surface area contributed by atoms with Crippen LogP contribution < -0.4 is 0 Å². The van der Waals surface area contributed by atoms with Gasteiger partial charge in [0, 0.05) is 60.3 Å². The monoisotopic (exact) mass is 730 g/mol. The van der Waals surface area contributed by atoms with Gasteiger partial charge in [0.1, 0.15) is 22.3 Å². The summed E-state index contributed by atoms with van der Waals surface area (Å²) in [6, 6.07) is 62.8. The van der Waals surface area contributed by atoms with Gasteiger partial charge >= 0.3 is 0 Å². The summed E-state index contributed by atoms with van der Waals surface area (Å²) in [7, 11) is 0. The molecule has 0 atom stereocenters. The first-order valence-corrected chi connectivity index (χ1v) is 19.0. The molecule has 0 aliphatic carbocycles. The molecule has 0 aliphatic rings. The summed E-state index contributed by atoms with van der Waals surface area (Å²) in [6.07, 6.45) is 0. The fourth-order valence-electron chi connectivity index (χ4n) is 8.40. The smallest absolute Gasteiger partial charge is 0.164 e. The second-order valence-corrected chi connectivity index (χ2v) is 14.4. The van der Waals surface area contributed by atoms with Crippen LogP contribution in [0.2, 0.25) is 0 Å². The van der Waals surface area contributed by atoms with Crippen molar-refractivity contribution in [3.63, 3.8) is 0 Å². The Morgan fingerprint density at radius 2 is 0.877 bits per heavy atom. The van der Waals surface area contributed by atoms with Gasteiger partial charge in [-0.3, -0.25) is 0 Å². The second-order valence-electron chi connectivity index (χ2n) is 14.4. The maximum atomic E-state index is 6.55. The van der Waals surface area contributed by atoms with Gasteiger partial charge in [0.2, 0.25) is 0 Å². The van der Waals surface area contributed by atoms with Crippen molar-refractivity contribution in [1.82, 2.24) is 19.5 Å². The van der Waals surface area contributed by atoms with E-state index in [0.29, 0.717) is 17.5 Å². The molecular formula is C51H30N4O2. The molecule has 0 saturated heterocycles. The number of hydrogen-bond donors (Lipinski definition) is 0. The number of benzene rings is 8. The number of para-hydroxylation sites is 4. The SMILES string of the molecule is c1ccc(-c2nc(-c3ccc4c(c3)oc3ccccc34)nc(-c3ccc4c(c3)oc3ccc(-c5cccc6c7ccccc7n(-c7ccccc7)c56)cc34)n2)cc1. The first kappa shape index (κ1) is 31.5. The Kier molecular flexibility index (Phi) is 6.83. The van der Waals surface area contributed by atoms with Gasteiger partial charge in [-0.25, -0.2) is 15.0 Å². The quantitative estimate of drug-likeness (QED) is 0.176. The molecule has 0 bridgehead atoms. The highest BCUT2D eigenvalue weighted by molar-refractivity contribution is 6.15. The van der Waals surface area contributed by atoms with Crippen LogP contribution in [0.3, 0.4) is 0 Å². The predicted molar refractivity (Wildman–Crippen MR) is 230 cm³/mol. The molecule has 6 nitrogen and oxygen atoms in total. The van der Waals surface area contributed by atoms with Crippen molar-refractivity contribution in [2.45, 2.75) is 0 Å². The van der Waals surface area contributed by atoms with Gasteiger partial charge in [-0.1, -0.05) is 121 Å². The number of fused-ring (bicyclic) bond motifs is 9. The van der Waals surface area contributed by atoms with E-state index in [1.807, 2.05) is 60.7 Å². The molecule has 4 aromatic heterocycles. The molecule has 0 spiro atoms. The van der Waals surface area contributed by atoms with Gasteiger partial charge < -0.3 is 13.4 Å². The van der Waals surface area contributed by atoms with Crippen LogP contribution in [0, 0.1) is 0 Å². The van der Waals surface area contributed by atoms with Crippen LogP contribution in [0.25, 0.3) is 117 Å². The second kappa shape index (κ2) is 12.3. The van der Waals surface area contributed by atoms with Crippen molar-refractivity contribution in [2.24, 2.45) is 0 Å². The molecule has 0 N–H and O–H groups in total. The molecule has 6 heteroatoms. The van der Waals surface area contributed by atoms with Crippen molar-refractivity contribution in [3.05, 3.63) is 182 Å². The lowest BCUT2D eigenvalue weighted by molar-refractivity contribution is 0.668. The lowest BCUT2D eigenvalue weighted by Gasteiger charge is -2.11. The summed E-state index contributed by atoms with van der Waals surface area (Å²) in [6.45, 7) is 0. The van der Waals surface area contributed by atoms with Crippen molar-refractivity contribution >= 4 is 65.7 Å². The zero-order valence-electron chi connectivity index (χ0n) is 30.4. The van der Waals surface area contributed by atoms with E-state index in [-0.39, 0.29) is 0 Å². The van der Waals surface area contributed by atoms with Gasteiger partial charge in [0.05, 0.1) is 11.0 Å². The summed E-state index contributed by atoms with van der Waals surface area (Å²) in [4.78, 5) is 15.0. The van der Waals surface area contributed by atoms with Crippen molar-refractivity contribution in [1.29, 1.82) is 0 Å². The van der Waals surface area contributed by atoms with E-state index in [4.69, 9.17) is 23.8 Å². The van der Waals surface area contributed by atoms with Crippen LogP contribution in [0.15, 0.2) is 191 Å². The number of aromatic nitrogens is 4. The minimum absolute atomic E-state index is 0.562. The topological polar surface area (TPSA) is 69.9 Å². The number of furan rings is 2. The Morgan fingerprint density at radius 1 is 0.333 bits per heavy atom. The Hall–Kier alpha value is -7.83. The maximum absolute atomic E-state index is 6.55. The van der Waals surface area contributed by atoms with Gasteiger partial charge in [-0.05, 0) is 66.2 Å². The van der Waals surface area contributed by atoms with Crippen molar-refractivity contribution in [3.8, 4) is 51.0 Å². The number of hydrogen-bond acceptors (Lipinski definition) is 5. The molecule has 0 unspecified atom stereocenters. The third-order valence-corrected chi connectivity index (χ3v) is 11.1. The molecule has 12 aromatic rings. The maximum Gasteiger partial charge on any atom is 0.164 e. The molecule has 0 aliphatic heterocycles. The molecule has 12 rings (SSSR count). The lowest BCUT2D eigenvalue weighted by Crippen LogP contribution is -2.00. The zero-order chi connectivity index (χ0) is 37.5. The average Bonchev–Trinajstić information content (AvgIpc) is 3.95. The van der Waals surface area contributed by atoms with Crippen molar-refractivity contribution in [2.75, 3.05) is 0 Å². The standard InChI is InChI=1S/C51H30N4O2/c1-3-12-31(13-4-1)49-52-50(33-22-25-39-38-17-8-10-21-44(38)56-46(39)29-33)54-51(53-49)34-23-26-40-42-28-32(24-27-45(42)57-47(40)30-34)36-18-11-19-41-37-16-7-9-20-43(37)55(48(36)41)35-14-5-2-6-15-35/h1-30H. The Labute approximate surface area is 325 Å². The molecule has 57 heavy (non-hydrogen) atoms. The van der Waals surface area contributed by atoms with E-state index in [0.717, 1.165) is 77.4 Å². The molecule has 4 heterocycles. The summed E-state index contributed by atoms with van der Waals surface area (Å²) in [5.74, 6) is 1.72. The highest BCUT2D eigenvalue weighted by Crippen LogP contribution is 2.41. The zero-order valence-corrected chi connectivity index (χ0v) is 30.4. The Bertz CT molecular complexity index is 3530. The molecular weight excluding hydrogens is 701 g/mol. The van der Waals surface area contributed by atoms with E-state index in [1.165, 1.54) is 21.8 Å². The predicted octanol–water partition coefficient (Wildman–Crippen LogP) is 13.4. The molecule has 8 aromatic carbocycles.